The first-order chi connectivity index (χ1) is 5.69. The molecule has 0 radical (unpaired) electrons. The molecule has 0 saturated heterocycles. The summed E-state index contributed by atoms with van der Waals surface area (Å²) >= 11 is 4.44. The van der Waals surface area contributed by atoms with E-state index in [1.807, 2.05) is 12.1 Å². The standard InChI is InChI=1S/C8H8I2O2/c1-11-6-3-5(9)4-7(12-2)8(6)10/h3-4H,1-2H3. The second kappa shape index (κ2) is 4.50. The van der Waals surface area contributed by atoms with E-state index in [1.54, 1.807) is 14.2 Å². The van der Waals surface area contributed by atoms with Crippen LogP contribution < -0.4 is 9.47 Å². The van der Waals surface area contributed by atoms with E-state index in [1.165, 1.54) is 0 Å². The van der Waals surface area contributed by atoms with E-state index in [4.69, 9.17) is 9.47 Å². The Morgan fingerprint density at radius 1 is 1.00 bits per heavy atom. The molecule has 0 aliphatic carbocycles. The van der Waals surface area contributed by atoms with Crippen LogP contribution in [0.2, 0.25) is 0 Å². The van der Waals surface area contributed by atoms with E-state index in [0.29, 0.717) is 0 Å². The van der Waals surface area contributed by atoms with Crippen LogP contribution in [0.3, 0.4) is 0 Å². The van der Waals surface area contributed by atoms with Crippen LogP contribution in [0.1, 0.15) is 0 Å². The average Bonchev–Trinajstić information content (AvgIpc) is 2.08. The molecule has 0 spiro atoms. The molecule has 0 heterocycles. The van der Waals surface area contributed by atoms with Gasteiger partial charge in [0.2, 0.25) is 0 Å². The van der Waals surface area contributed by atoms with Gasteiger partial charge in [-0.3, -0.25) is 0 Å². The molecule has 0 bridgehead atoms. The van der Waals surface area contributed by atoms with Gasteiger partial charge in [0.15, 0.2) is 0 Å². The van der Waals surface area contributed by atoms with Crippen molar-refractivity contribution in [3.05, 3.63) is 19.3 Å². The van der Waals surface area contributed by atoms with Crippen LogP contribution in [0.25, 0.3) is 0 Å². The third-order valence-corrected chi connectivity index (χ3v) is 3.10. The van der Waals surface area contributed by atoms with Gasteiger partial charge >= 0.3 is 0 Å². The fourth-order valence-electron chi connectivity index (χ4n) is 0.837. The topological polar surface area (TPSA) is 18.5 Å². The summed E-state index contributed by atoms with van der Waals surface area (Å²) in [4.78, 5) is 0. The number of hydrogen-bond donors (Lipinski definition) is 0. The summed E-state index contributed by atoms with van der Waals surface area (Å²) in [6.45, 7) is 0. The maximum Gasteiger partial charge on any atom is 0.137 e. The van der Waals surface area contributed by atoms with Crippen molar-refractivity contribution in [2.75, 3.05) is 14.2 Å². The molecule has 1 aromatic carbocycles. The van der Waals surface area contributed by atoms with Crippen molar-refractivity contribution in [3.63, 3.8) is 0 Å². The summed E-state index contributed by atoms with van der Waals surface area (Å²) in [6, 6.07) is 3.95. The number of hydrogen-bond acceptors (Lipinski definition) is 2. The van der Waals surface area contributed by atoms with E-state index in [9.17, 15) is 0 Å². The first-order valence-corrected chi connectivity index (χ1v) is 5.41. The highest BCUT2D eigenvalue weighted by Gasteiger charge is 2.07. The molecule has 0 N–H and O–H groups in total. The van der Waals surface area contributed by atoms with E-state index in [-0.39, 0.29) is 0 Å². The molecule has 0 aliphatic rings. The zero-order valence-corrected chi connectivity index (χ0v) is 11.0. The zero-order valence-electron chi connectivity index (χ0n) is 6.73. The summed E-state index contributed by atoms with van der Waals surface area (Å²) in [6.07, 6.45) is 0. The van der Waals surface area contributed by atoms with Gasteiger partial charge in [-0.05, 0) is 57.3 Å². The van der Waals surface area contributed by atoms with E-state index in [0.717, 1.165) is 18.6 Å². The molecule has 0 atom stereocenters. The lowest BCUT2D eigenvalue weighted by molar-refractivity contribution is 0.388. The second-order valence-electron chi connectivity index (χ2n) is 2.12. The van der Waals surface area contributed by atoms with Crippen LogP contribution >= 0.6 is 45.2 Å². The van der Waals surface area contributed by atoms with E-state index < -0.39 is 0 Å². The third kappa shape index (κ3) is 2.15. The lowest BCUT2D eigenvalue weighted by atomic mass is 10.3. The van der Waals surface area contributed by atoms with Crippen molar-refractivity contribution < 1.29 is 9.47 Å². The number of halogens is 2. The highest BCUT2D eigenvalue weighted by molar-refractivity contribution is 14.1. The third-order valence-electron chi connectivity index (χ3n) is 1.41. The molecule has 0 aliphatic heterocycles. The monoisotopic (exact) mass is 390 g/mol. The molecule has 12 heavy (non-hydrogen) atoms. The average molecular weight is 390 g/mol. The fourth-order valence-corrected chi connectivity index (χ4v) is 2.15. The molecule has 0 aromatic heterocycles. The van der Waals surface area contributed by atoms with Crippen LogP contribution in [0.15, 0.2) is 12.1 Å². The number of rotatable bonds is 2. The molecule has 0 unspecified atom stereocenters. The molecule has 2 nitrogen and oxygen atoms in total. The summed E-state index contributed by atoms with van der Waals surface area (Å²) in [7, 11) is 3.32. The molecule has 1 aromatic rings. The number of benzene rings is 1. The smallest absolute Gasteiger partial charge is 0.137 e. The normalized spacial score (nSPS) is 9.67. The Kier molecular flexibility index (Phi) is 3.88. The number of ether oxygens (including phenoxy) is 2. The maximum atomic E-state index is 5.18. The van der Waals surface area contributed by atoms with Crippen molar-refractivity contribution in [1.82, 2.24) is 0 Å². The van der Waals surface area contributed by atoms with Crippen molar-refractivity contribution in [3.8, 4) is 11.5 Å². The molecule has 1 rings (SSSR count). The zero-order chi connectivity index (χ0) is 9.14. The largest absolute Gasteiger partial charge is 0.495 e. The predicted molar refractivity (Wildman–Crippen MR) is 65.0 cm³/mol. The van der Waals surface area contributed by atoms with Gasteiger partial charge in [-0.15, -0.1) is 0 Å². The quantitative estimate of drug-likeness (QED) is 0.724. The summed E-state index contributed by atoms with van der Waals surface area (Å²) in [5.74, 6) is 1.72. The minimum atomic E-state index is 0.861. The summed E-state index contributed by atoms with van der Waals surface area (Å²) in [5, 5.41) is 0. The van der Waals surface area contributed by atoms with Crippen LogP contribution in [0.5, 0.6) is 11.5 Å². The Hall–Kier alpha value is 0.280. The molecule has 0 saturated carbocycles. The Morgan fingerprint density at radius 3 is 1.75 bits per heavy atom. The number of methoxy groups -OCH3 is 2. The Bertz CT molecular complexity index is 261. The Labute approximate surface area is 98.9 Å². The summed E-state index contributed by atoms with van der Waals surface area (Å²) in [5.41, 5.74) is 0. The van der Waals surface area contributed by atoms with E-state index >= 15 is 0 Å². The maximum absolute atomic E-state index is 5.18. The molecule has 0 amide bonds. The second-order valence-corrected chi connectivity index (χ2v) is 4.45. The van der Waals surface area contributed by atoms with Crippen molar-refractivity contribution >= 4 is 45.2 Å². The van der Waals surface area contributed by atoms with E-state index in [2.05, 4.69) is 45.2 Å². The van der Waals surface area contributed by atoms with Crippen LogP contribution in [0.4, 0.5) is 0 Å². The molecule has 4 heteroatoms. The Balaban J connectivity index is 3.22. The molecule has 0 fully saturated rings. The van der Waals surface area contributed by atoms with Gasteiger partial charge in [0.05, 0.1) is 17.8 Å². The van der Waals surface area contributed by atoms with Crippen molar-refractivity contribution in [1.29, 1.82) is 0 Å². The molecular weight excluding hydrogens is 382 g/mol. The highest BCUT2D eigenvalue weighted by atomic mass is 127. The lowest BCUT2D eigenvalue weighted by Crippen LogP contribution is -1.92. The SMILES string of the molecule is COc1cc(I)cc(OC)c1I. The predicted octanol–water partition coefficient (Wildman–Crippen LogP) is 2.91. The first-order valence-electron chi connectivity index (χ1n) is 3.26. The van der Waals surface area contributed by atoms with Gasteiger partial charge in [-0.2, -0.15) is 0 Å². The van der Waals surface area contributed by atoms with Gasteiger partial charge in [-0.1, -0.05) is 0 Å². The van der Waals surface area contributed by atoms with Crippen LogP contribution in [0, 0.1) is 7.14 Å². The van der Waals surface area contributed by atoms with Gasteiger partial charge < -0.3 is 9.47 Å². The first kappa shape index (κ1) is 10.4. The van der Waals surface area contributed by atoms with Crippen molar-refractivity contribution in [2.24, 2.45) is 0 Å². The molecule has 66 valence electrons. The van der Waals surface area contributed by atoms with Crippen LogP contribution in [-0.4, -0.2) is 14.2 Å². The minimum Gasteiger partial charge on any atom is -0.495 e. The fraction of sp³-hybridized carbons (Fsp3) is 0.250. The highest BCUT2D eigenvalue weighted by Crippen LogP contribution is 2.32. The van der Waals surface area contributed by atoms with Gasteiger partial charge in [0, 0.05) is 3.57 Å². The van der Waals surface area contributed by atoms with Gasteiger partial charge in [0.1, 0.15) is 11.5 Å². The van der Waals surface area contributed by atoms with Gasteiger partial charge in [-0.25, -0.2) is 0 Å². The van der Waals surface area contributed by atoms with Crippen LogP contribution in [-0.2, 0) is 0 Å². The summed E-state index contributed by atoms with van der Waals surface area (Å²) < 4.78 is 12.5. The molecular formula is C8H8I2O2. The van der Waals surface area contributed by atoms with Gasteiger partial charge in [0.25, 0.3) is 0 Å². The lowest BCUT2D eigenvalue weighted by Gasteiger charge is -2.08. The Morgan fingerprint density at radius 2 is 1.42 bits per heavy atom. The van der Waals surface area contributed by atoms with Crippen molar-refractivity contribution in [2.45, 2.75) is 0 Å². The minimum absolute atomic E-state index is 0.861.